The largest absolute Gasteiger partial charge is 0.322 e. The summed E-state index contributed by atoms with van der Waals surface area (Å²) in [6.07, 6.45) is 4.27. The molecule has 4 nitrogen and oxygen atoms in total. The predicted molar refractivity (Wildman–Crippen MR) is 106 cm³/mol. The molecule has 1 atom stereocenters. The van der Waals surface area contributed by atoms with Gasteiger partial charge in [0.05, 0.1) is 12.2 Å². The average molecular weight is 405 g/mol. The normalized spacial score (nSPS) is 20.6. The van der Waals surface area contributed by atoms with E-state index in [-0.39, 0.29) is 5.69 Å². The van der Waals surface area contributed by atoms with Crippen LogP contribution in [0.1, 0.15) is 12.5 Å². The van der Waals surface area contributed by atoms with Crippen molar-refractivity contribution in [1.82, 2.24) is 0 Å². The van der Waals surface area contributed by atoms with Gasteiger partial charge in [0.15, 0.2) is 23.5 Å². The van der Waals surface area contributed by atoms with E-state index < -0.39 is 29.4 Å². The Morgan fingerprint density at radius 3 is 2.41 bits per heavy atom. The Balaban J connectivity index is 1.48. The summed E-state index contributed by atoms with van der Waals surface area (Å²) in [5.41, 5.74) is 0.835. The Morgan fingerprint density at radius 1 is 1.03 bits per heavy atom. The van der Waals surface area contributed by atoms with E-state index in [4.69, 9.17) is 0 Å². The number of piperazine rings is 1. The van der Waals surface area contributed by atoms with Gasteiger partial charge in [-0.1, -0.05) is 36.4 Å². The van der Waals surface area contributed by atoms with Crippen LogP contribution in [-0.2, 0) is 4.79 Å². The Kier molecular flexibility index (Phi) is 7.06. The molecule has 1 aliphatic heterocycles. The van der Waals surface area contributed by atoms with Crippen molar-refractivity contribution in [3.63, 3.8) is 0 Å². The maximum atomic E-state index is 13.8. The second-order valence-electron chi connectivity index (χ2n) is 7.36. The average Bonchev–Trinajstić information content (AvgIpc) is 2.75. The minimum Gasteiger partial charge on any atom is -0.322 e. The standard InChI is InChI=1S/C22H24F3N3O/c1-16(22(29)26-19-10-9-18(23)20(24)21(19)25)28-14-12-27(13-15-28)11-5-8-17-6-3-2-4-7-17/h2-10,16H,11-15H2,1H3,(H,26,29)/p+2/b8-5+/t16-/m1/s1. The Hall–Kier alpha value is -2.64. The molecule has 0 bridgehead atoms. The maximum absolute atomic E-state index is 13.8. The van der Waals surface area contributed by atoms with Crippen molar-refractivity contribution in [2.75, 3.05) is 38.0 Å². The molecule has 0 aromatic heterocycles. The van der Waals surface area contributed by atoms with Gasteiger partial charge in [-0.15, -0.1) is 0 Å². The van der Waals surface area contributed by atoms with Crippen molar-refractivity contribution in [3.8, 4) is 0 Å². The van der Waals surface area contributed by atoms with Crippen molar-refractivity contribution in [3.05, 3.63) is 71.6 Å². The highest BCUT2D eigenvalue weighted by Crippen LogP contribution is 2.19. The second kappa shape index (κ2) is 9.71. The number of nitrogens with one attached hydrogen (secondary N) is 3. The number of carbonyl (C=O) groups excluding carboxylic acids is 1. The van der Waals surface area contributed by atoms with Crippen LogP contribution in [0.5, 0.6) is 0 Å². The van der Waals surface area contributed by atoms with E-state index in [2.05, 4.69) is 29.6 Å². The van der Waals surface area contributed by atoms with E-state index >= 15 is 0 Å². The number of carbonyl (C=O) groups is 1. The summed E-state index contributed by atoms with van der Waals surface area (Å²) < 4.78 is 40.1. The van der Waals surface area contributed by atoms with Crippen LogP contribution in [0.4, 0.5) is 18.9 Å². The molecule has 1 heterocycles. The highest BCUT2D eigenvalue weighted by atomic mass is 19.2. The van der Waals surface area contributed by atoms with Gasteiger partial charge in [0.2, 0.25) is 0 Å². The summed E-state index contributed by atoms with van der Waals surface area (Å²) in [6, 6.07) is 11.5. The third kappa shape index (κ3) is 5.46. The minimum atomic E-state index is -1.58. The van der Waals surface area contributed by atoms with E-state index in [1.807, 2.05) is 18.2 Å². The number of anilines is 1. The van der Waals surface area contributed by atoms with Crippen LogP contribution in [0.25, 0.3) is 6.08 Å². The number of halogens is 3. The monoisotopic (exact) mass is 405 g/mol. The van der Waals surface area contributed by atoms with Crippen LogP contribution in [0.15, 0.2) is 48.5 Å². The molecule has 7 heteroatoms. The zero-order valence-corrected chi connectivity index (χ0v) is 16.4. The fourth-order valence-corrected chi connectivity index (χ4v) is 3.54. The Labute approximate surface area is 168 Å². The van der Waals surface area contributed by atoms with Crippen LogP contribution in [-0.4, -0.2) is 44.7 Å². The van der Waals surface area contributed by atoms with Crippen molar-refractivity contribution in [1.29, 1.82) is 0 Å². The molecule has 2 aromatic carbocycles. The minimum absolute atomic E-state index is 0.338. The third-order valence-corrected chi connectivity index (χ3v) is 5.41. The summed E-state index contributed by atoms with van der Waals surface area (Å²) in [4.78, 5) is 15.0. The molecule has 0 radical (unpaired) electrons. The molecule has 3 rings (SSSR count). The van der Waals surface area contributed by atoms with E-state index in [0.717, 1.165) is 49.8 Å². The summed E-state index contributed by atoms with van der Waals surface area (Å²) in [7, 11) is 0. The lowest BCUT2D eigenvalue weighted by molar-refractivity contribution is -1.02. The summed E-state index contributed by atoms with van der Waals surface area (Å²) in [6.45, 7) is 6.15. The maximum Gasteiger partial charge on any atom is 0.282 e. The van der Waals surface area contributed by atoms with Crippen molar-refractivity contribution in [2.24, 2.45) is 0 Å². The molecule has 3 N–H and O–H groups in total. The molecule has 1 saturated heterocycles. The number of rotatable bonds is 6. The van der Waals surface area contributed by atoms with Crippen LogP contribution in [0, 0.1) is 17.5 Å². The van der Waals surface area contributed by atoms with Crippen LogP contribution < -0.4 is 15.1 Å². The predicted octanol–water partition coefficient (Wildman–Crippen LogP) is 0.928. The Morgan fingerprint density at radius 2 is 1.72 bits per heavy atom. The van der Waals surface area contributed by atoms with Gasteiger partial charge < -0.3 is 15.1 Å². The molecule has 1 fully saturated rings. The molecule has 0 saturated carbocycles. The van der Waals surface area contributed by atoms with E-state index in [9.17, 15) is 18.0 Å². The van der Waals surface area contributed by atoms with Gasteiger partial charge in [0.25, 0.3) is 5.91 Å². The molecule has 29 heavy (non-hydrogen) atoms. The smallest absolute Gasteiger partial charge is 0.282 e. The van der Waals surface area contributed by atoms with Gasteiger partial charge in [-0.2, -0.15) is 0 Å². The molecule has 1 amide bonds. The van der Waals surface area contributed by atoms with Crippen LogP contribution in [0.2, 0.25) is 0 Å². The first kappa shape index (κ1) is 21.1. The second-order valence-corrected chi connectivity index (χ2v) is 7.36. The van der Waals surface area contributed by atoms with Gasteiger partial charge in [0, 0.05) is 0 Å². The fourth-order valence-electron chi connectivity index (χ4n) is 3.54. The first-order valence-corrected chi connectivity index (χ1v) is 9.80. The van der Waals surface area contributed by atoms with Gasteiger partial charge in [0.1, 0.15) is 26.2 Å². The highest BCUT2D eigenvalue weighted by Gasteiger charge is 2.31. The summed E-state index contributed by atoms with van der Waals surface area (Å²) in [5, 5.41) is 2.38. The first-order valence-electron chi connectivity index (χ1n) is 9.80. The van der Waals surface area contributed by atoms with Crippen LogP contribution >= 0.6 is 0 Å². The number of amides is 1. The number of hydrogen-bond acceptors (Lipinski definition) is 1. The number of hydrogen-bond donors (Lipinski definition) is 3. The SMILES string of the molecule is C[C@H](C(=O)Nc1ccc(F)c(F)c1F)[NH+]1CC[NH+](C/C=C/c2ccccc2)CC1. The van der Waals surface area contributed by atoms with Crippen molar-refractivity contribution < 1.29 is 27.8 Å². The molecule has 0 unspecified atom stereocenters. The molecule has 1 aliphatic rings. The first-order chi connectivity index (χ1) is 14.0. The molecular weight excluding hydrogens is 379 g/mol. The summed E-state index contributed by atoms with van der Waals surface area (Å²) >= 11 is 0. The number of benzene rings is 2. The molecule has 0 aliphatic carbocycles. The highest BCUT2D eigenvalue weighted by molar-refractivity contribution is 5.93. The van der Waals surface area contributed by atoms with Crippen LogP contribution in [0.3, 0.4) is 0 Å². The lowest BCUT2D eigenvalue weighted by Crippen LogP contribution is -3.29. The van der Waals surface area contributed by atoms with Crippen molar-refractivity contribution >= 4 is 17.7 Å². The Bertz CT molecular complexity index is 865. The summed E-state index contributed by atoms with van der Waals surface area (Å²) in [5.74, 6) is -4.64. The zero-order chi connectivity index (χ0) is 20.8. The molecular formula is C22H26F3N3O+2. The van der Waals surface area contributed by atoms with Gasteiger partial charge in [-0.25, -0.2) is 13.2 Å². The number of quaternary nitrogens is 2. The quantitative estimate of drug-likeness (QED) is 0.615. The van der Waals surface area contributed by atoms with Gasteiger partial charge in [-0.05, 0) is 30.7 Å². The third-order valence-electron chi connectivity index (χ3n) is 5.41. The zero-order valence-electron chi connectivity index (χ0n) is 16.4. The van der Waals surface area contributed by atoms with E-state index in [0.29, 0.717) is 0 Å². The molecule has 2 aromatic rings. The molecule has 0 spiro atoms. The van der Waals surface area contributed by atoms with Gasteiger partial charge in [-0.3, -0.25) is 4.79 Å². The lowest BCUT2D eigenvalue weighted by atomic mass is 10.2. The van der Waals surface area contributed by atoms with E-state index in [1.54, 1.807) is 6.92 Å². The lowest BCUT2D eigenvalue weighted by Gasteiger charge is -2.32. The van der Waals surface area contributed by atoms with E-state index in [1.165, 1.54) is 10.5 Å². The topological polar surface area (TPSA) is 38.0 Å². The fraction of sp³-hybridized carbons (Fsp3) is 0.318. The van der Waals surface area contributed by atoms with Crippen molar-refractivity contribution in [2.45, 2.75) is 13.0 Å². The van der Waals surface area contributed by atoms with Gasteiger partial charge >= 0.3 is 0 Å². The molecule has 154 valence electrons.